The molecule has 0 radical (unpaired) electrons. The monoisotopic (exact) mass is 457 g/mol. The molecule has 0 bridgehead atoms. The third-order valence-corrected chi connectivity index (χ3v) is 5.57. The summed E-state index contributed by atoms with van der Waals surface area (Å²) in [7, 11) is 6.38. The van der Waals surface area contributed by atoms with Crippen molar-refractivity contribution in [1.82, 2.24) is 15.3 Å². The van der Waals surface area contributed by atoms with Gasteiger partial charge < -0.3 is 14.8 Å². The molecule has 0 saturated heterocycles. The Bertz CT molecular complexity index is 1000. The number of hydrogen-bond acceptors (Lipinski definition) is 5. The van der Waals surface area contributed by atoms with Crippen LogP contribution in [0.4, 0.5) is 0 Å². The zero-order valence-corrected chi connectivity index (χ0v) is 19.6. The van der Waals surface area contributed by atoms with Gasteiger partial charge in [-0.15, -0.1) is 11.6 Å². The second-order valence-corrected chi connectivity index (χ2v) is 8.24. The minimum absolute atomic E-state index is 0.243. The van der Waals surface area contributed by atoms with Crippen LogP contribution in [0.15, 0.2) is 48.5 Å². The van der Waals surface area contributed by atoms with Crippen molar-refractivity contribution in [3.8, 4) is 11.5 Å². The Morgan fingerprint density at radius 3 is 1.97 bits per heavy atom. The molecule has 2 amide bonds. The van der Waals surface area contributed by atoms with E-state index in [-0.39, 0.29) is 17.2 Å². The number of methoxy groups -OCH3 is 2. The first-order valence-corrected chi connectivity index (χ1v) is 10.7. The standard InChI is InChI=1S/C24H28ClN3O4/c1-15(25)14-28-22(17-8-12-19(32-5)13-9-17)20(16-6-10-18(31-4)11-7-16)21(23(29)26-2)24(30)27(28)3/h6-13,15,21H,14H2,1-5H3,(H,26,29). The van der Waals surface area contributed by atoms with Gasteiger partial charge in [0.15, 0.2) is 0 Å². The minimum Gasteiger partial charge on any atom is -0.497 e. The Morgan fingerprint density at radius 2 is 1.53 bits per heavy atom. The molecular weight excluding hydrogens is 430 g/mol. The molecule has 3 rings (SSSR count). The van der Waals surface area contributed by atoms with Crippen molar-refractivity contribution in [2.24, 2.45) is 5.92 Å². The molecule has 0 aromatic heterocycles. The number of hydrogen-bond donors (Lipinski definition) is 1. The van der Waals surface area contributed by atoms with E-state index < -0.39 is 5.92 Å². The molecule has 1 aliphatic rings. The quantitative estimate of drug-likeness (QED) is 0.510. The van der Waals surface area contributed by atoms with Crippen molar-refractivity contribution in [3.63, 3.8) is 0 Å². The van der Waals surface area contributed by atoms with Crippen LogP contribution < -0.4 is 14.8 Å². The van der Waals surface area contributed by atoms with Crippen LogP contribution in [0.2, 0.25) is 0 Å². The third kappa shape index (κ3) is 4.53. The fourth-order valence-electron chi connectivity index (χ4n) is 3.82. The second kappa shape index (κ2) is 9.96. The van der Waals surface area contributed by atoms with Gasteiger partial charge in [-0.25, -0.2) is 0 Å². The Balaban J connectivity index is 2.35. The maximum Gasteiger partial charge on any atom is 0.257 e. The number of carbonyl (C=O) groups excluding carboxylic acids is 2. The van der Waals surface area contributed by atoms with E-state index in [0.717, 1.165) is 16.8 Å². The normalized spacial score (nSPS) is 17.3. The number of benzene rings is 2. The molecule has 32 heavy (non-hydrogen) atoms. The maximum atomic E-state index is 13.4. The zero-order valence-electron chi connectivity index (χ0n) is 18.9. The fraction of sp³-hybridized carbons (Fsp3) is 0.333. The number of ether oxygens (including phenoxy) is 2. The van der Waals surface area contributed by atoms with Crippen molar-refractivity contribution in [2.75, 3.05) is 34.9 Å². The summed E-state index contributed by atoms with van der Waals surface area (Å²) in [6.07, 6.45) is 0. The summed E-state index contributed by atoms with van der Waals surface area (Å²) in [6, 6.07) is 14.9. The van der Waals surface area contributed by atoms with Gasteiger partial charge in [-0.3, -0.25) is 19.6 Å². The van der Waals surface area contributed by atoms with Crippen molar-refractivity contribution in [3.05, 3.63) is 59.7 Å². The van der Waals surface area contributed by atoms with Crippen LogP contribution in [0.3, 0.4) is 0 Å². The van der Waals surface area contributed by atoms with E-state index >= 15 is 0 Å². The molecule has 1 N–H and O–H groups in total. The summed E-state index contributed by atoms with van der Waals surface area (Å²) in [4.78, 5) is 26.4. The third-order valence-electron chi connectivity index (χ3n) is 5.43. The number of amides is 2. The highest BCUT2D eigenvalue weighted by Gasteiger charge is 2.43. The summed E-state index contributed by atoms with van der Waals surface area (Å²) in [5.74, 6) is -0.331. The predicted molar refractivity (Wildman–Crippen MR) is 125 cm³/mol. The van der Waals surface area contributed by atoms with E-state index in [1.807, 2.05) is 60.5 Å². The van der Waals surface area contributed by atoms with E-state index in [0.29, 0.717) is 23.6 Å². The van der Waals surface area contributed by atoms with E-state index in [1.165, 1.54) is 12.1 Å². The second-order valence-electron chi connectivity index (χ2n) is 7.49. The van der Waals surface area contributed by atoms with Crippen molar-refractivity contribution < 1.29 is 19.1 Å². The molecule has 0 spiro atoms. The van der Waals surface area contributed by atoms with Gasteiger partial charge in [-0.1, -0.05) is 12.1 Å². The smallest absolute Gasteiger partial charge is 0.257 e. The molecule has 170 valence electrons. The van der Waals surface area contributed by atoms with Crippen LogP contribution in [0, 0.1) is 5.92 Å². The first-order valence-electron chi connectivity index (χ1n) is 10.3. The van der Waals surface area contributed by atoms with Crippen LogP contribution >= 0.6 is 11.6 Å². The fourth-order valence-corrected chi connectivity index (χ4v) is 3.95. The van der Waals surface area contributed by atoms with Gasteiger partial charge >= 0.3 is 0 Å². The molecule has 2 unspecified atom stereocenters. The SMILES string of the molecule is CNC(=O)C1C(=O)N(C)N(CC(C)Cl)C(c2ccc(OC)cc2)=C1c1ccc(OC)cc1. The number of rotatable bonds is 7. The van der Waals surface area contributed by atoms with Gasteiger partial charge in [0.2, 0.25) is 5.91 Å². The average molecular weight is 458 g/mol. The molecule has 0 saturated carbocycles. The number of nitrogens with one attached hydrogen (secondary N) is 1. The highest BCUT2D eigenvalue weighted by Crippen LogP contribution is 2.41. The molecule has 2 atom stereocenters. The van der Waals surface area contributed by atoms with Gasteiger partial charge in [-0.2, -0.15) is 0 Å². The molecule has 8 heteroatoms. The summed E-state index contributed by atoms with van der Waals surface area (Å²) in [5, 5.41) is 5.71. The van der Waals surface area contributed by atoms with Crippen molar-refractivity contribution >= 4 is 34.7 Å². The molecule has 1 aliphatic heterocycles. The van der Waals surface area contributed by atoms with E-state index in [9.17, 15) is 9.59 Å². The van der Waals surface area contributed by atoms with Gasteiger partial charge in [0.25, 0.3) is 5.91 Å². The first kappa shape index (κ1) is 23.5. The van der Waals surface area contributed by atoms with Crippen LogP contribution in [0.25, 0.3) is 11.3 Å². The first-order chi connectivity index (χ1) is 15.3. The lowest BCUT2D eigenvalue weighted by molar-refractivity contribution is -0.148. The van der Waals surface area contributed by atoms with Crippen molar-refractivity contribution in [1.29, 1.82) is 0 Å². The summed E-state index contributed by atoms with van der Waals surface area (Å²) in [6.45, 7) is 2.24. The van der Waals surface area contributed by atoms with Crippen LogP contribution in [0.1, 0.15) is 18.1 Å². The van der Waals surface area contributed by atoms with Crippen molar-refractivity contribution in [2.45, 2.75) is 12.3 Å². The summed E-state index contributed by atoms with van der Waals surface area (Å²) < 4.78 is 10.6. The number of halogens is 1. The number of carbonyl (C=O) groups is 2. The molecule has 0 aliphatic carbocycles. The van der Waals surface area contributed by atoms with E-state index in [1.54, 1.807) is 21.3 Å². The Hall–Kier alpha value is -3.19. The number of nitrogens with zero attached hydrogens (tertiary/aromatic N) is 2. The van der Waals surface area contributed by atoms with Gasteiger partial charge in [0.05, 0.1) is 31.8 Å². The molecule has 7 nitrogen and oxygen atoms in total. The predicted octanol–water partition coefficient (Wildman–Crippen LogP) is 3.25. The number of hydrazine groups is 1. The molecule has 2 aromatic rings. The van der Waals surface area contributed by atoms with Gasteiger partial charge in [0, 0.05) is 25.2 Å². The molecule has 2 aromatic carbocycles. The molecule has 1 heterocycles. The lowest BCUT2D eigenvalue weighted by Crippen LogP contribution is -2.54. The average Bonchev–Trinajstić information content (AvgIpc) is 2.81. The molecule has 0 fully saturated rings. The van der Waals surface area contributed by atoms with Crippen LogP contribution in [0.5, 0.6) is 11.5 Å². The number of alkyl halides is 1. The highest BCUT2D eigenvalue weighted by molar-refractivity contribution is 6.21. The Labute approximate surface area is 193 Å². The summed E-state index contributed by atoms with van der Waals surface area (Å²) in [5.41, 5.74) is 2.93. The topological polar surface area (TPSA) is 71.1 Å². The Kier molecular flexibility index (Phi) is 7.30. The maximum absolute atomic E-state index is 13.4. The van der Waals surface area contributed by atoms with Gasteiger partial charge in [0.1, 0.15) is 17.4 Å². The van der Waals surface area contributed by atoms with E-state index in [4.69, 9.17) is 21.1 Å². The highest BCUT2D eigenvalue weighted by atomic mass is 35.5. The zero-order chi connectivity index (χ0) is 23.4. The largest absolute Gasteiger partial charge is 0.497 e. The lowest BCUT2D eigenvalue weighted by atomic mass is 9.85. The van der Waals surface area contributed by atoms with Gasteiger partial charge in [-0.05, 0) is 48.9 Å². The van der Waals surface area contributed by atoms with Crippen LogP contribution in [-0.4, -0.2) is 62.1 Å². The van der Waals surface area contributed by atoms with E-state index in [2.05, 4.69) is 5.32 Å². The minimum atomic E-state index is -1.02. The summed E-state index contributed by atoms with van der Waals surface area (Å²) >= 11 is 6.37. The lowest BCUT2D eigenvalue weighted by Gasteiger charge is -2.44. The van der Waals surface area contributed by atoms with Crippen LogP contribution in [-0.2, 0) is 9.59 Å². The molecular formula is C24H28ClN3O4. The Morgan fingerprint density at radius 1 is 1.03 bits per heavy atom.